The van der Waals surface area contributed by atoms with Gasteiger partial charge in [-0.1, -0.05) is 60.0 Å². The van der Waals surface area contributed by atoms with E-state index in [9.17, 15) is 14.7 Å². The van der Waals surface area contributed by atoms with Crippen LogP contribution in [0.1, 0.15) is 46.1 Å². The molecule has 0 aliphatic carbocycles. The van der Waals surface area contributed by atoms with Crippen LogP contribution in [-0.2, 0) is 11.2 Å². The molecule has 3 unspecified atom stereocenters. The summed E-state index contributed by atoms with van der Waals surface area (Å²) < 4.78 is 0. The number of nitrogens with zero attached hydrogens (tertiary/aromatic N) is 2. The number of carbonyl (C=O) groups excluding carboxylic acids is 1. The molecule has 1 aromatic heterocycles. The lowest BCUT2D eigenvalue weighted by Gasteiger charge is -2.41. The van der Waals surface area contributed by atoms with Gasteiger partial charge < -0.3 is 15.3 Å². The molecule has 0 radical (unpaired) electrons. The molecule has 0 bridgehead atoms. The second kappa shape index (κ2) is 11.3. The van der Waals surface area contributed by atoms with E-state index in [0.717, 1.165) is 36.2 Å². The highest BCUT2D eigenvalue weighted by molar-refractivity contribution is 7.09. The molecule has 9 heteroatoms. The largest absolute Gasteiger partial charge is 0.480 e. The summed E-state index contributed by atoms with van der Waals surface area (Å²) in [6, 6.07) is 12.2. The maximum atomic E-state index is 14.1. The van der Waals surface area contributed by atoms with Gasteiger partial charge in [0.1, 0.15) is 6.04 Å². The summed E-state index contributed by atoms with van der Waals surface area (Å²) in [6.07, 6.45) is 4.73. The molecule has 4 rings (SSSR count). The van der Waals surface area contributed by atoms with Crippen molar-refractivity contribution in [3.63, 3.8) is 0 Å². The Labute approximate surface area is 212 Å². The lowest BCUT2D eigenvalue weighted by Crippen LogP contribution is -2.54. The Hall–Kier alpha value is -2.45. The molecule has 6 nitrogen and oxygen atoms in total. The van der Waals surface area contributed by atoms with Gasteiger partial charge in [0.05, 0.1) is 22.1 Å². The van der Waals surface area contributed by atoms with Gasteiger partial charge in [-0.3, -0.25) is 9.78 Å². The molecule has 34 heavy (non-hydrogen) atoms. The van der Waals surface area contributed by atoms with E-state index < -0.39 is 24.0 Å². The van der Waals surface area contributed by atoms with E-state index in [4.69, 9.17) is 23.2 Å². The molecule has 0 spiro atoms. The molecule has 178 valence electrons. The summed E-state index contributed by atoms with van der Waals surface area (Å²) in [6.45, 7) is 0.806. The molecule has 3 atom stereocenters. The molecule has 3 aromatic rings. The third kappa shape index (κ3) is 5.61. The van der Waals surface area contributed by atoms with E-state index in [1.807, 2.05) is 30.3 Å². The molecule has 2 aromatic carbocycles. The van der Waals surface area contributed by atoms with Crippen molar-refractivity contribution in [2.24, 2.45) is 0 Å². The van der Waals surface area contributed by atoms with Crippen LogP contribution in [0, 0.1) is 0 Å². The first kappa shape index (κ1) is 24.7. The normalized spacial score (nSPS) is 17.6. The van der Waals surface area contributed by atoms with Gasteiger partial charge in [-0.2, -0.15) is 0 Å². The molecule has 0 saturated carbocycles. The minimum Gasteiger partial charge on any atom is -0.480 e. The molecule has 2 N–H and O–H groups in total. The molecular formula is C25H25Cl2N3O3S. The fourth-order valence-corrected chi connectivity index (χ4v) is 5.73. The van der Waals surface area contributed by atoms with E-state index in [1.165, 1.54) is 22.3 Å². The first-order valence-electron chi connectivity index (χ1n) is 11.1. The van der Waals surface area contributed by atoms with Gasteiger partial charge in [-0.15, -0.1) is 11.3 Å². The van der Waals surface area contributed by atoms with Crippen LogP contribution in [0.2, 0.25) is 10.0 Å². The summed E-state index contributed by atoms with van der Waals surface area (Å²) >= 11 is 13.9. The Kier molecular flexibility index (Phi) is 8.21. The average Bonchev–Trinajstić information content (AvgIpc) is 3.36. The first-order chi connectivity index (χ1) is 16.5. The lowest BCUT2D eigenvalue weighted by atomic mass is 9.92. The van der Waals surface area contributed by atoms with E-state index in [2.05, 4.69) is 10.3 Å². The fraction of sp³-hybridized carbons (Fsp3) is 0.320. The number of aromatic nitrogens is 1. The fourth-order valence-electron chi connectivity index (χ4n) is 4.45. The smallest absolute Gasteiger partial charge is 0.326 e. The standard InChI is InChI=1S/C25H25Cl2N3O3S/c26-17-9-10-18(19(27)13-17)24(31)30(21(25(32)33)12-16-6-2-1-3-7-16)23(22-14-28-15-34-22)20-8-4-5-11-29-20/h1-3,6-7,9-10,13-15,20-21,23,29H,4-5,8,11-12H2,(H,32,33). The monoisotopic (exact) mass is 517 g/mol. The number of carboxylic acid groups (broad SMARTS) is 1. The summed E-state index contributed by atoms with van der Waals surface area (Å²) in [7, 11) is 0. The predicted molar refractivity (Wildman–Crippen MR) is 135 cm³/mol. The van der Waals surface area contributed by atoms with Gasteiger partial charge in [0.2, 0.25) is 0 Å². The summed E-state index contributed by atoms with van der Waals surface area (Å²) in [5.41, 5.74) is 2.75. The van der Waals surface area contributed by atoms with E-state index in [-0.39, 0.29) is 23.0 Å². The molecular weight excluding hydrogens is 493 g/mol. The highest BCUT2D eigenvalue weighted by Crippen LogP contribution is 2.36. The number of benzene rings is 2. The second-order valence-corrected chi connectivity index (χ2v) is 10.0. The number of amides is 1. The lowest BCUT2D eigenvalue weighted by molar-refractivity contribution is -0.143. The Bertz CT molecular complexity index is 1120. The van der Waals surface area contributed by atoms with Crippen LogP contribution < -0.4 is 5.32 Å². The Morgan fingerprint density at radius 3 is 2.59 bits per heavy atom. The third-order valence-corrected chi connectivity index (χ3v) is 7.45. The van der Waals surface area contributed by atoms with Gasteiger partial charge in [0, 0.05) is 28.6 Å². The van der Waals surface area contributed by atoms with Gasteiger partial charge in [-0.05, 0) is 43.1 Å². The van der Waals surface area contributed by atoms with Gasteiger partial charge in [-0.25, -0.2) is 4.79 Å². The maximum Gasteiger partial charge on any atom is 0.326 e. The SMILES string of the molecule is O=C(O)C(Cc1ccccc1)N(C(=O)c1ccc(Cl)cc1Cl)C(c1cncs1)C1CCCCN1. The minimum atomic E-state index is -1.11. The van der Waals surface area contributed by atoms with Crippen LogP contribution >= 0.6 is 34.5 Å². The van der Waals surface area contributed by atoms with Gasteiger partial charge >= 0.3 is 5.97 Å². The van der Waals surface area contributed by atoms with Gasteiger partial charge in [0.15, 0.2) is 0 Å². The number of thiazole rings is 1. The van der Waals surface area contributed by atoms with Crippen LogP contribution in [-0.4, -0.2) is 45.5 Å². The molecule has 2 heterocycles. The van der Waals surface area contributed by atoms with Crippen LogP contribution in [0.25, 0.3) is 0 Å². The maximum absolute atomic E-state index is 14.1. The van der Waals surface area contributed by atoms with E-state index in [0.29, 0.717) is 5.02 Å². The molecule has 1 aliphatic rings. The molecule has 1 aliphatic heterocycles. The number of aliphatic carboxylic acids is 1. The van der Waals surface area contributed by atoms with E-state index >= 15 is 0 Å². The summed E-state index contributed by atoms with van der Waals surface area (Å²) in [5.74, 6) is -1.52. The zero-order chi connectivity index (χ0) is 24.1. The molecule has 1 saturated heterocycles. The zero-order valence-electron chi connectivity index (χ0n) is 18.4. The number of carboxylic acids is 1. The Morgan fingerprint density at radius 2 is 1.97 bits per heavy atom. The van der Waals surface area contributed by atoms with Crippen molar-refractivity contribution in [3.8, 4) is 0 Å². The number of carbonyl (C=O) groups is 2. The van der Waals surface area contributed by atoms with Crippen molar-refractivity contribution in [1.29, 1.82) is 0 Å². The Morgan fingerprint density at radius 1 is 1.18 bits per heavy atom. The van der Waals surface area contributed by atoms with Crippen LogP contribution in [0.15, 0.2) is 60.2 Å². The van der Waals surface area contributed by atoms with E-state index in [1.54, 1.807) is 23.8 Å². The highest BCUT2D eigenvalue weighted by Gasteiger charge is 2.41. The molecule has 1 amide bonds. The quantitative estimate of drug-likeness (QED) is 0.413. The summed E-state index contributed by atoms with van der Waals surface area (Å²) in [4.78, 5) is 33.3. The van der Waals surface area contributed by atoms with Crippen molar-refractivity contribution in [1.82, 2.24) is 15.2 Å². The van der Waals surface area contributed by atoms with Crippen LogP contribution in [0.4, 0.5) is 0 Å². The average molecular weight is 518 g/mol. The second-order valence-electron chi connectivity index (χ2n) is 8.29. The number of hydrogen-bond donors (Lipinski definition) is 2. The number of nitrogens with one attached hydrogen (secondary N) is 1. The number of piperidine rings is 1. The van der Waals surface area contributed by atoms with Crippen molar-refractivity contribution < 1.29 is 14.7 Å². The molecule has 1 fully saturated rings. The number of rotatable bonds is 8. The van der Waals surface area contributed by atoms with Crippen molar-refractivity contribution in [2.45, 2.75) is 43.8 Å². The van der Waals surface area contributed by atoms with Crippen LogP contribution in [0.5, 0.6) is 0 Å². The van der Waals surface area contributed by atoms with Crippen molar-refractivity contribution in [2.75, 3.05) is 6.54 Å². The third-order valence-electron chi connectivity index (χ3n) is 6.06. The Balaban J connectivity index is 1.84. The predicted octanol–water partition coefficient (Wildman–Crippen LogP) is 5.47. The van der Waals surface area contributed by atoms with Crippen LogP contribution in [0.3, 0.4) is 0 Å². The number of hydrogen-bond acceptors (Lipinski definition) is 5. The van der Waals surface area contributed by atoms with Crippen molar-refractivity contribution in [3.05, 3.63) is 86.3 Å². The van der Waals surface area contributed by atoms with Gasteiger partial charge in [0.25, 0.3) is 5.91 Å². The number of halogens is 2. The minimum absolute atomic E-state index is 0.109. The highest BCUT2D eigenvalue weighted by atomic mass is 35.5. The zero-order valence-corrected chi connectivity index (χ0v) is 20.7. The van der Waals surface area contributed by atoms with Crippen molar-refractivity contribution >= 4 is 46.4 Å². The summed E-state index contributed by atoms with van der Waals surface area (Å²) in [5, 5.41) is 14.5. The topological polar surface area (TPSA) is 82.5 Å². The first-order valence-corrected chi connectivity index (χ1v) is 12.8.